The Balaban J connectivity index is 1.85. The lowest BCUT2D eigenvalue weighted by Gasteiger charge is -2.16. The number of amides is 1. The highest BCUT2D eigenvalue weighted by atomic mass is 32.1. The maximum absolute atomic E-state index is 13.5. The van der Waals surface area contributed by atoms with Crippen LogP contribution < -0.4 is 15.8 Å². The van der Waals surface area contributed by atoms with E-state index in [9.17, 15) is 23.1 Å². The molecule has 164 valence electrons. The molecule has 4 N–H and O–H groups in total. The Bertz CT molecular complexity index is 1100. The smallest absolute Gasteiger partial charge is 0.420 e. The summed E-state index contributed by atoms with van der Waals surface area (Å²) in [7, 11) is 0. The highest BCUT2D eigenvalue weighted by molar-refractivity contribution is 7.14. The second kappa shape index (κ2) is 8.84. The number of phenols is 1. The first-order valence-corrected chi connectivity index (χ1v) is 10.1. The van der Waals surface area contributed by atoms with Crippen molar-refractivity contribution >= 4 is 28.1 Å². The Morgan fingerprint density at radius 1 is 1.26 bits per heavy atom. The number of ether oxygens (including phenoxy) is 1. The number of aromatic nitrogens is 1. The van der Waals surface area contributed by atoms with Crippen molar-refractivity contribution in [2.45, 2.75) is 20.0 Å². The van der Waals surface area contributed by atoms with Crippen LogP contribution in [0.2, 0.25) is 0 Å². The molecule has 0 unspecified atom stereocenters. The molecule has 0 aliphatic heterocycles. The molecule has 1 aromatic heterocycles. The molecular weight excluding hydrogens is 431 g/mol. The van der Waals surface area contributed by atoms with Crippen LogP contribution in [0.25, 0.3) is 11.3 Å². The fraction of sp³-hybridized carbons (Fsp3) is 0.238. The number of carbonyl (C=O) groups excluding carboxylic acids is 1. The van der Waals surface area contributed by atoms with Crippen LogP contribution >= 0.6 is 11.3 Å². The van der Waals surface area contributed by atoms with Gasteiger partial charge < -0.3 is 20.9 Å². The van der Waals surface area contributed by atoms with Crippen molar-refractivity contribution in [3.05, 3.63) is 52.9 Å². The molecule has 3 aromatic rings. The standard InChI is InChI=1S/C21H20F3N3O3S/c1-11(2)9-30-18-6-4-13(8-15(18)21(22,23)24)26-20-27-16(10-31-20)12-3-5-17(28)14(7-12)19(25)29/h3-8,10-11,28H,9H2,1-2H3,(H2,25,29)(H,26,27). The summed E-state index contributed by atoms with van der Waals surface area (Å²) in [5.74, 6) is -1.17. The number of nitrogens with one attached hydrogen (secondary N) is 1. The summed E-state index contributed by atoms with van der Waals surface area (Å²) in [6.45, 7) is 3.87. The van der Waals surface area contributed by atoms with E-state index in [0.29, 0.717) is 16.4 Å². The molecule has 0 fully saturated rings. The van der Waals surface area contributed by atoms with Gasteiger partial charge in [-0.25, -0.2) is 4.98 Å². The summed E-state index contributed by atoms with van der Waals surface area (Å²) in [5.41, 5.74) is 5.52. The zero-order chi connectivity index (χ0) is 22.8. The molecule has 0 atom stereocenters. The van der Waals surface area contributed by atoms with E-state index >= 15 is 0 Å². The number of hydrogen-bond acceptors (Lipinski definition) is 6. The fourth-order valence-corrected chi connectivity index (χ4v) is 3.43. The quantitative estimate of drug-likeness (QED) is 0.446. The maximum Gasteiger partial charge on any atom is 0.420 e. The molecule has 6 nitrogen and oxygen atoms in total. The Morgan fingerprint density at radius 3 is 2.65 bits per heavy atom. The van der Waals surface area contributed by atoms with Crippen molar-refractivity contribution in [2.24, 2.45) is 11.7 Å². The predicted molar refractivity (Wildman–Crippen MR) is 113 cm³/mol. The van der Waals surface area contributed by atoms with Crippen molar-refractivity contribution in [3.63, 3.8) is 0 Å². The van der Waals surface area contributed by atoms with Crippen LogP contribution in [0.3, 0.4) is 0 Å². The van der Waals surface area contributed by atoms with Gasteiger partial charge in [-0.3, -0.25) is 4.79 Å². The minimum absolute atomic E-state index is 0.0492. The lowest BCUT2D eigenvalue weighted by atomic mass is 10.1. The predicted octanol–water partition coefficient (Wildman–Crippen LogP) is 5.41. The van der Waals surface area contributed by atoms with Gasteiger partial charge in [0.25, 0.3) is 5.91 Å². The summed E-state index contributed by atoms with van der Waals surface area (Å²) in [6, 6.07) is 8.02. The molecule has 10 heteroatoms. The molecule has 2 aromatic carbocycles. The summed E-state index contributed by atoms with van der Waals surface area (Å²) in [6.07, 6.45) is -4.57. The third kappa shape index (κ3) is 5.46. The molecule has 0 spiro atoms. The minimum atomic E-state index is -4.57. The van der Waals surface area contributed by atoms with E-state index in [-0.39, 0.29) is 35.3 Å². The molecule has 3 rings (SSSR count). The first-order chi connectivity index (χ1) is 14.5. The third-order valence-electron chi connectivity index (χ3n) is 4.17. The van der Waals surface area contributed by atoms with E-state index in [1.54, 1.807) is 11.4 Å². The zero-order valence-corrected chi connectivity index (χ0v) is 17.5. The monoisotopic (exact) mass is 451 g/mol. The van der Waals surface area contributed by atoms with Gasteiger partial charge in [0.15, 0.2) is 5.13 Å². The average Bonchev–Trinajstić information content (AvgIpc) is 3.14. The van der Waals surface area contributed by atoms with Crippen LogP contribution in [-0.4, -0.2) is 22.6 Å². The summed E-state index contributed by atoms with van der Waals surface area (Å²) in [5, 5.41) is 14.6. The molecule has 1 heterocycles. The number of alkyl halides is 3. The van der Waals surface area contributed by atoms with E-state index in [4.69, 9.17) is 10.5 Å². The van der Waals surface area contributed by atoms with E-state index in [0.717, 1.165) is 6.07 Å². The largest absolute Gasteiger partial charge is 0.507 e. The number of carbonyl (C=O) groups is 1. The van der Waals surface area contributed by atoms with E-state index < -0.39 is 17.6 Å². The van der Waals surface area contributed by atoms with Gasteiger partial charge in [0.2, 0.25) is 0 Å². The molecule has 31 heavy (non-hydrogen) atoms. The van der Waals surface area contributed by atoms with Crippen LogP contribution in [0.15, 0.2) is 41.8 Å². The van der Waals surface area contributed by atoms with Gasteiger partial charge in [0, 0.05) is 16.6 Å². The number of nitrogens with two attached hydrogens (primary N) is 1. The molecule has 0 aliphatic rings. The fourth-order valence-electron chi connectivity index (χ4n) is 2.69. The molecule has 0 saturated carbocycles. The van der Waals surface area contributed by atoms with Crippen LogP contribution in [-0.2, 0) is 6.18 Å². The number of halogens is 3. The number of anilines is 2. The topological polar surface area (TPSA) is 97.5 Å². The lowest BCUT2D eigenvalue weighted by molar-refractivity contribution is -0.139. The first-order valence-electron chi connectivity index (χ1n) is 9.24. The van der Waals surface area contributed by atoms with Crippen molar-refractivity contribution < 1.29 is 27.8 Å². The molecule has 1 amide bonds. The summed E-state index contributed by atoms with van der Waals surface area (Å²) in [4.78, 5) is 15.7. The molecule has 0 aliphatic carbocycles. The number of aromatic hydroxyl groups is 1. The second-order valence-corrected chi connectivity index (χ2v) is 8.03. The average molecular weight is 451 g/mol. The van der Waals surface area contributed by atoms with Gasteiger partial charge in [-0.15, -0.1) is 11.3 Å². The van der Waals surface area contributed by atoms with Crippen molar-refractivity contribution in [1.82, 2.24) is 4.98 Å². The van der Waals surface area contributed by atoms with E-state index in [1.807, 2.05) is 13.8 Å². The minimum Gasteiger partial charge on any atom is -0.507 e. The number of thiazole rings is 1. The first kappa shape index (κ1) is 22.4. The number of primary amides is 1. The van der Waals surface area contributed by atoms with Crippen molar-refractivity contribution in [1.29, 1.82) is 0 Å². The number of benzene rings is 2. The molecule has 0 bridgehead atoms. The molecule has 0 saturated heterocycles. The Morgan fingerprint density at radius 2 is 2.00 bits per heavy atom. The van der Waals surface area contributed by atoms with Gasteiger partial charge in [-0.2, -0.15) is 13.2 Å². The SMILES string of the molecule is CC(C)COc1ccc(Nc2nc(-c3ccc(O)c(C(N)=O)c3)cs2)cc1C(F)(F)F. The van der Waals surface area contributed by atoms with Gasteiger partial charge in [-0.1, -0.05) is 13.8 Å². The van der Waals surface area contributed by atoms with Crippen molar-refractivity contribution in [3.8, 4) is 22.8 Å². The zero-order valence-electron chi connectivity index (χ0n) is 16.7. The van der Waals surface area contributed by atoms with E-state index in [2.05, 4.69) is 10.3 Å². The molecule has 0 radical (unpaired) electrons. The third-order valence-corrected chi connectivity index (χ3v) is 4.93. The molecular formula is C21H20F3N3O3S. The number of rotatable bonds is 7. The van der Waals surface area contributed by atoms with Crippen LogP contribution in [0.5, 0.6) is 11.5 Å². The number of nitrogens with zero attached hydrogens (tertiary/aromatic N) is 1. The van der Waals surface area contributed by atoms with Crippen LogP contribution in [0, 0.1) is 5.92 Å². The Hall–Kier alpha value is -3.27. The van der Waals surface area contributed by atoms with Crippen molar-refractivity contribution in [2.75, 3.05) is 11.9 Å². The number of hydrogen-bond donors (Lipinski definition) is 3. The lowest BCUT2D eigenvalue weighted by Crippen LogP contribution is -2.12. The highest BCUT2D eigenvalue weighted by Gasteiger charge is 2.35. The second-order valence-electron chi connectivity index (χ2n) is 7.17. The maximum atomic E-state index is 13.5. The van der Waals surface area contributed by atoms with E-state index in [1.165, 1.54) is 35.6 Å². The van der Waals surface area contributed by atoms with Crippen LogP contribution in [0.1, 0.15) is 29.8 Å². The highest BCUT2D eigenvalue weighted by Crippen LogP contribution is 2.39. The summed E-state index contributed by atoms with van der Waals surface area (Å²) >= 11 is 1.18. The Labute approximate surface area is 180 Å². The Kier molecular flexibility index (Phi) is 6.40. The van der Waals surface area contributed by atoms with Gasteiger partial charge in [-0.05, 0) is 42.3 Å². The van der Waals surface area contributed by atoms with Crippen LogP contribution in [0.4, 0.5) is 24.0 Å². The van der Waals surface area contributed by atoms with Gasteiger partial charge in [0.1, 0.15) is 11.5 Å². The van der Waals surface area contributed by atoms with Gasteiger partial charge >= 0.3 is 6.18 Å². The summed E-state index contributed by atoms with van der Waals surface area (Å²) < 4.78 is 45.7. The van der Waals surface area contributed by atoms with Gasteiger partial charge in [0.05, 0.1) is 23.4 Å². The normalized spacial score (nSPS) is 11.5.